The Morgan fingerprint density at radius 1 is 1.33 bits per heavy atom. The molecule has 3 nitrogen and oxygen atoms in total. The Morgan fingerprint density at radius 2 is 1.87 bits per heavy atom. The van der Waals surface area contributed by atoms with Gasteiger partial charge in [-0.25, -0.2) is 0 Å². The maximum Gasteiger partial charge on any atom is 0.397 e. The van der Waals surface area contributed by atoms with E-state index in [0.717, 1.165) is 0 Å². The molecule has 0 rings (SSSR count). The van der Waals surface area contributed by atoms with Gasteiger partial charge in [0.15, 0.2) is 0 Å². The lowest BCUT2D eigenvalue weighted by molar-refractivity contribution is -0.154. The molecule has 0 aliphatic rings. The van der Waals surface area contributed by atoms with Crippen molar-refractivity contribution in [3.8, 4) is 0 Å². The molecule has 6 heteroatoms. The lowest BCUT2D eigenvalue weighted by atomic mass is 9.89. The zero-order chi connectivity index (χ0) is 12.1. The summed E-state index contributed by atoms with van der Waals surface area (Å²) < 4.78 is 35.4. The standard InChI is InChI=1S/C9H17F3N2O/c1-8(2,3-4-13)6-14-7(15)5-9(10,11)12/h3-6,13H2,1-2H3,(H,14,15). The van der Waals surface area contributed by atoms with E-state index in [4.69, 9.17) is 5.73 Å². The van der Waals surface area contributed by atoms with Crippen molar-refractivity contribution in [1.82, 2.24) is 5.32 Å². The Hall–Kier alpha value is -0.780. The molecule has 0 aromatic carbocycles. The zero-order valence-electron chi connectivity index (χ0n) is 8.95. The van der Waals surface area contributed by atoms with Gasteiger partial charge in [-0.05, 0) is 18.4 Å². The van der Waals surface area contributed by atoms with Crippen LogP contribution in [0.1, 0.15) is 26.7 Å². The van der Waals surface area contributed by atoms with E-state index < -0.39 is 18.5 Å². The molecule has 0 aromatic rings. The van der Waals surface area contributed by atoms with E-state index in [1.54, 1.807) is 0 Å². The number of hydrogen-bond donors (Lipinski definition) is 2. The lowest BCUT2D eigenvalue weighted by Gasteiger charge is -2.24. The molecule has 0 aliphatic heterocycles. The van der Waals surface area contributed by atoms with Crippen molar-refractivity contribution in [2.45, 2.75) is 32.9 Å². The predicted octanol–water partition coefficient (Wildman–Crippen LogP) is 1.43. The molecular weight excluding hydrogens is 209 g/mol. The number of carbonyl (C=O) groups is 1. The van der Waals surface area contributed by atoms with Crippen molar-refractivity contribution in [1.29, 1.82) is 0 Å². The van der Waals surface area contributed by atoms with Gasteiger partial charge < -0.3 is 11.1 Å². The molecule has 3 N–H and O–H groups in total. The molecule has 0 saturated carbocycles. The Bertz CT molecular complexity index is 214. The highest BCUT2D eigenvalue weighted by atomic mass is 19.4. The molecule has 0 unspecified atom stereocenters. The summed E-state index contributed by atoms with van der Waals surface area (Å²) >= 11 is 0. The number of halogens is 3. The van der Waals surface area contributed by atoms with Crippen molar-refractivity contribution in [2.75, 3.05) is 13.1 Å². The van der Waals surface area contributed by atoms with Gasteiger partial charge in [-0.15, -0.1) is 0 Å². The van der Waals surface area contributed by atoms with Crippen LogP contribution in [0.2, 0.25) is 0 Å². The third-order valence-corrected chi connectivity index (χ3v) is 1.95. The number of nitrogens with one attached hydrogen (secondary N) is 1. The predicted molar refractivity (Wildman–Crippen MR) is 51.1 cm³/mol. The maximum absolute atomic E-state index is 11.8. The quantitative estimate of drug-likeness (QED) is 0.745. The number of rotatable bonds is 5. The van der Waals surface area contributed by atoms with Gasteiger partial charge in [-0.3, -0.25) is 4.79 Å². The lowest BCUT2D eigenvalue weighted by Crippen LogP contribution is -2.37. The second-order valence-electron chi connectivity index (χ2n) is 4.27. The normalized spacial score (nSPS) is 12.7. The molecule has 0 spiro atoms. The summed E-state index contributed by atoms with van der Waals surface area (Å²) in [5.41, 5.74) is 5.06. The Balaban J connectivity index is 3.90. The van der Waals surface area contributed by atoms with Gasteiger partial charge in [0, 0.05) is 6.54 Å². The first kappa shape index (κ1) is 14.2. The molecule has 1 amide bonds. The van der Waals surface area contributed by atoms with E-state index in [-0.39, 0.29) is 12.0 Å². The molecule has 0 heterocycles. The maximum atomic E-state index is 11.8. The highest BCUT2D eigenvalue weighted by Gasteiger charge is 2.31. The monoisotopic (exact) mass is 226 g/mol. The van der Waals surface area contributed by atoms with Crippen LogP contribution in [0, 0.1) is 5.41 Å². The number of alkyl halides is 3. The minimum atomic E-state index is -4.44. The molecule has 90 valence electrons. The Morgan fingerprint density at radius 3 is 2.27 bits per heavy atom. The summed E-state index contributed by atoms with van der Waals surface area (Å²) in [5.74, 6) is -0.993. The fourth-order valence-corrected chi connectivity index (χ4v) is 1.06. The SMILES string of the molecule is CC(C)(CCN)CNC(=O)CC(F)(F)F. The van der Waals surface area contributed by atoms with Gasteiger partial charge in [0.25, 0.3) is 0 Å². The van der Waals surface area contributed by atoms with Crippen LogP contribution >= 0.6 is 0 Å². The summed E-state index contributed by atoms with van der Waals surface area (Å²) in [5, 5.41) is 2.25. The second kappa shape index (κ2) is 5.34. The Labute approximate surface area is 87.2 Å². The topological polar surface area (TPSA) is 55.1 Å². The van der Waals surface area contributed by atoms with Crippen LogP contribution in [-0.2, 0) is 4.79 Å². The van der Waals surface area contributed by atoms with Gasteiger partial charge in [0.05, 0.1) is 0 Å². The van der Waals surface area contributed by atoms with Gasteiger partial charge in [-0.1, -0.05) is 13.8 Å². The average Bonchev–Trinajstić information content (AvgIpc) is 1.98. The fraction of sp³-hybridized carbons (Fsp3) is 0.889. The molecule has 0 radical (unpaired) electrons. The van der Waals surface area contributed by atoms with Crippen molar-refractivity contribution >= 4 is 5.91 Å². The van der Waals surface area contributed by atoms with Crippen molar-refractivity contribution in [3.05, 3.63) is 0 Å². The summed E-state index contributed by atoms with van der Waals surface area (Å²) in [4.78, 5) is 10.8. The fourth-order valence-electron chi connectivity index (χ4n) is 1.06. The molecule has 0 saturated heterocycles. The van der Waals surface area contributed by atoms with Crippen LogP contribution < -0.4 is 11.1 Å². The van der Waals surface area contributed by atoms with Gasteiger partial charge >= 0.3 is 6.18 Å². The van der Waals surface area contributed by atoms with E-state index >= 15 is 0 Å². The first-order chi connectivity index (χ1) is 6.66. The molecule has 15 heavy (non-hydrogen) atoms. The van der Waals surface area contributed by atoms with Crippen molar-refractivity contribution in [2.24, 2.45) is 11.1 Å². The summed E-state index contributed by atoms with van der Waals surface area (Å²) in [6.07, 6.45) is -5.22. The van der Waals surface area contributed by atoms with E-state index in [0.29, 0.717) is 13.0 Å². The summed E-state index contributed by atoms with van der Waals surface area (Å²) in [7, 11) is 0. The van der Waals surface area contributed by atoms with Crippen LogP contribution in [0.5, 0.6) is 0 Å². The van der Waals surface area contributed by atoms with Crippen LogP contribution in [0.15, 0.2) is 0 Å². The minimum Gasteiger partial charge on any atom is -0.355 e. The molecule has 0 fully saturated rings. The first-order valence-corrected chi connectivity index (χ1v) is 4.70. The van der Waals surface area contributed by atoms with Crippen molar-refractivity contribution < 1.29 is 18.0 Å². The number of hydrogen-bond acceptors (Lipinski definition) is 2. The molecule has 0 aromatic heterocycles. The summed E-state index contributed by atoms with van der Waals surface area (Å²) in [6.45, 7) is 4.34. The molecule has 0 aliphatic carbocycles. The van der Waals surface area contributed by atoms with Crippen LogP contribution in [0.3, 0.4) is 0 Å². The summed E-state index contributed by atoms with van der Waals surface area (Å²) in [6, 6.07) is 0. The third kappa shape index (κ3) is 8.23. The smallest absolute Gasteiger partial charge is 0.355 e. The van der Waals surface area contributed by atoms with Crippen molar-refractivity contribution in [3.63, 3.8) is 0 Å². The highest BCUT2D eigenvalue weighted by Crippen LogP contribution is 2.20. The molecule has 0 bridgehead atoms. The highest BCUT2D eigenvalue weighted by molar-refractivity contribution is 5.76. The third-order valence-electron chi connectivity index (χ3n) is 1.95. The van der Waals surface area contributed by atoms with Gasteiger partial charge in [0.2, 0.25) is 5.91 Å². The van der Waals surface area contributed by atoms with E-state index in [1.165, 1.54) is 0 Å². The average molecular weight is 226 g/mol. The van der Waals surface area contributed by atoms with Gasteiger partial charge in [0.1, 0.15) is 6.42 Å². The number of nitrogens with two attached hydrogens (primary N) is 1. The van der Waals surface area contributed by atoms with Gasteiger partial charge in [-0.2, -0.15) is 13.2 Å². The first-order valence-electron chi connectivity index (χ1n) is 4.70. The van der Waals surface area contributed by atoms with Crippen LogP contribution in [-0.4, -0.2) is 25.2 Å². The molecule has 0 atom stereocenters. The number of carbonyl (C=O) groups excluding carboxylic acids is 1. The van der Waals surface area contributed by atoms with E-state index in [9.17, 15) is 18.0 Å². The minimum absolute atomic E-state index is 0.207. The van der Waals surface area contributed by atoms with Crippen LogP contribution in [0.4, 0.5) is 13.2 Å². The van der Waals surface area contributed by atoms with Crippen LogP contribution in [0.25, 0.3) is 0 Å². The zero-order valence-corrected chi connectivity index (χ0v) is 8.95. The Kier molecular flexibility index (Phi) is 5.07. The largest absolute Gasteiger partial charge is 0.397 e. The van der Waals surface area contributed by atoms with E-state index in [2.05, 4.69) is 5.32 Å². The molecular formula is C9H17F3N2O. The second-order valence-corrected chi connectivity index (χ2v) is 4.27. The number of amides is 1. The van der Waals surface area contributed by atoms with E-state index in [1.807, 2.05) is 13.8 Å².